The predicted octanol–water partition coefficient (Wildman–Crippen LogP) is 2.09. The minimum Gasteiger partial charge on any atom is -0.298 e. The summed E-state index contributed by atoms with van der Waals surface area (Å²) in [6, 6.07) is 8.42. The van der Waals surface area contributed by atoms with Gasteiger partial charge in [0.05, 0.1) is 17.5 Å². The molecule has 0 bridgehead atoms. The number of carbonyl (C=O) groups excluding carboxylic acids is 1. The van der Waals surface area contributed by atoms with Crippen LogP contribution in [0.4, 0.5) is 0 Å². The minimum atomic E-state index is -0.496. The molecule has 0 aliphatic rings. The number of carbonyl (C=O) groups is 1. The van der Waals surface area contributed by atoms with E-state index in [-0.39, 0.29) is 5.56 Å². The summed E-state index contributed by atoms with van der Waals surface area (Å²) in [5, 5.41) is 11.2. The summed E-state index contributed by atoms with van der Waals surface area (Å²) in [4.78, 5) is 23.2. The zero-order valence-corrected chi connectivity index (χ0v) is 11.4. The molecule has 3 aromatic rings. The molecule has 0 fully saturated rings. The van der Waals surface area contributed by atoms with Gasteiger partial charge in [0.1, 0.15) is 5.69 Å². The number of H-pyrrole nitrogens is 1. The molecule has 104 valence electrons. The van der Waals surface area contributed by atoms with Crippen molar-refractivity contribution in [2.75, 3.05) is 0 Å². The molecule has 2 heterocycles. The van der Waals surface area contributed by atoms with Crippen molar-refractivity contribution in [3.63, 3.8) is 0 Å². The Hall–Kier alpha value is -2.73. The van der Waals surface area contributed by atoms with Crippen molar-refractivity contribution in [3.05, 3.63) is 63.7 Å². The lowest BCUT2D eigenvalue weighted by molar-refractivity contribution is 0.112. The molecule has 1 N–H and O–H groups in total. The Morgan fingerprint density at radius 3 is 2.62 bits per heavy atom. The number of nitrogens with one attached hydrogen (secondary N) is 1. The molecule has 0 radical (unpaired) electrons. The normalized spacial score (nSPS) is 10.5. The molecule has 7 heteroatoms. The van der Waals surface area contributed by atoms with Gasteiger partial charge in [-0.15, -0.1) is 0 Å². The van der Waals surface area contributed by atoms with Gasteiger partial charge in [-0.25, -0.2) is 0 Å². The SMILES string of the molecule is O=Cc1cc(-c2ccc(Cl)cc2)nn(-c2cn[nH]c2)c1=O. The standard InChI is InChI=1S/C14H9ClN4O2/c15-11-3-1-9(2-4-11)13-5-10(8-20)14(21)19(18-13)12-6-16-17-7-12/h1-8H,(H,16,17). The highest BCUT2D eigenvalue weighted by Gasteiger charge is 2.11. The number of rotatable bonds is 3. The van der Waals surface area contributed by atoms with Gasteiger partial charge in [0.15, 0.2) is 6.29 Å². The topological polar surface area (TPSA) is 80.6 Å². The first-order chi connectivity index (χ1) is 10.2. The highest BCUT2D eigenvalue weighted by Crippen LogP contribution is 2.19. The molecule has 0 amide bonds. The fourth-order valence-corrected chi connectivity index (χ4v) is 2.02. The van der Waals surface area contributed by atoms with Crippen LogP contribution >= 0.6 is 11.6 Å². The van der Waals surface area contributed by atoms with Crippen molar-refractivity contribution < 1.29 is 4.79 Å². The van der Waals surface area contributed by atoms with Crippen molar-refractivity contribution in [3.8, 4) is 16.9 Å². The zero-order valence-electron chi connectivity index (χ0n) is 10.7. The lowest BCUT2D eigenvalue weighted by atomic mass is 10.1. The average Bonchev–Trinajstić information content (AvgIpc) is 3.02. The maximum Gasteiger partial charge on any atom is 0.282 e. The lowest BCUT2D eigenvalue weighted by Crippen LogP contribution is -2.24. The lowest BCUT2D eigenvalue weighted by Gasteiger charge is -2.06. The van der Waals surface area contributed by atoms with Crippen LogP contribution in [0.15, 0.2) is 47.5 Å². The summed E-state index contributed by atoms with van der Waals surface area (Å²) in [6.45, 7) is 0. The van der Waals surface area contributed by atoms with Gasteiger partial charge in [-0.05, 0) is 18.2 Å². The maximum atomic E-state index is 12.1. The van der Waals surface area contributed by atoms with Crippen LogP contribution in [0, 0.1) is 0 Å². The Balaban J connectivity index is 2.23. The second-order valence-corrected chi connectivity index (χ2v) is 4.72. The molecular weight excluding hydrogens is 292 g/mol. The van der Waals surface area contributed by atoms with Crippen LogP contribution in [-0.4, -0.2) is 26.3 Å². The largest absolute Gasteiger partial charge is 0.298 e. The number of aromatic amines is 1. The van der Waals surface area contributed by atoms with E-state index in [2.05, 4.69) is 15.3 Å². The second kappa shape index (κ2) is 5.34. The van der Waals surface area contributed by atoms with Crippen molar-refractivity contribution in [1.82, 2.24) is 20.0 Å². The van der Waals surface area contributed by atoms with Crippen LogP contribution in [0.2, 0.25) is 5.02 Å². The Kier molecular flexibility index (Phi) is 3.37. The number of aromatic nitrogens is 4. The number of aldehydes is 1. The third kappa shape index (κ3) is 2.48. The Morgan fingerprint density at radius 1 is 1.24 bits per heavy atom. The van der Waals surface area contributed by atoms with Gasteiger partial charge in [0, 0.05) is 16.8 Å². The summed E-state index contributed by atoms with van der Waals surface area (Å²) >= 11 is 5.85. The van der Waals surface area contributed by atoms with E-state index in [1.54, 1.807) is 24.3 Å². The molecule has 21 heavy (non-hydrogen) atoms. The van der Waals surface area contributed by atoms with E-state index in [1.165, 1.54) is 18.5 Å². The first-order valence-electron chi connectivity index (χ1n) is 6.03. The first kappa shape index (κ1) is 13.3. The van der Waals surface area contributed by atoms with Crippen molar-refractivity contribution in [1.29, 1.82) is 0 Å². The van der Waals surface area contributed by atoms with E-state index in [0.717, 1.165) is 10.2 Å². The van der Waals surface area contributed by atoms with Crippen LogP contribution in [0.1, 0.15) is 10.4 Å². The van der Waals surface area contributed by atoms with E-state index in [9.17, 15) is 9.59 Å². The van der Waals surface area contributed by atoms with Crippen molar-refractivity contribution >= 4 is 17.9 Å². The number of benzene rings is 1. The first-order valence-corrected chi connectivity index (χ1v) is 6.41. The summed E-state index contributed by atoms with van der Waals surface area (Å²) in [5.41, 5.74) is 1.23. The summed E-state index contributed by atoms with van der Waals surface area (Å²) in [7, 11) is 0. The van der Waals surface area contributed by atoms with E-state index in [0.29, 0.717) is 22.7 Å². The monoisotopic (exact) mass is 300 g/mol. The number of hydrogen-bond donors (Lipinski definition) is 1. The fourth-order valence-electron chi connectivity index (χ4n) is 1.89. The van der Waals surface area contributed by atoms with E-state index >= 15 is 0 Å². The van der Waals surface area contributed by atoms with Crippen LogP contribution in [0.5, 0.6) is 0 Å². The Morgan fingerprint density at radius 2 is 2.00 bits per heavy atom. The molecule has 0 aliphatic heterocycles. The summed E-state index contributed by atoms with van der Waals surface area (Å²) in [5.74, 6) is 0. The van der Waals surface area contributed by atoms with Crippen molar-refractivity contribution in [2.24, 2.45) is 0 Å². The molecule has 1 aromatic carbocycles. The quantitative estimate of drug-likeness (QED) is 0.751. The fraction of sp³-hybridized carbons (Fsp3) is 0. The van der Waals surface area contributed by atoms with Crippen LogP contribution < -0.4 is 5.56 Å². The predicted molar refractivity (Wildman–Crippen MR) is 77.8 cm³/mol. The molecule has 6 nitrogen and oxygen atoms in total. The van der Waals surface area contributed by atoms with Crippen LogP contribution in [0.25, 0.3) is 16.9 Å². The molecule has 2 aromatic heterocycles. The average molecular weight is 301 g/mol. The smallest absolute Gasteiger partial charge is 0.282 e. The molecule has 0 saturated heterocycles. The second-order valence-electron chi connectivity index (χ2n) is 4.28. The zero-order chi connectivity index (χ0) is 14.8. The third-order valence-corrected chi connectivity index (χ3v) is 3.19. The Bertz CT molecular complexity index is 838. The molecule has 0 saturated carbocycles. The minimum absolute atomic E-state index is 0.0242. The third-order valence-electron chi connectivity index (χ3n) is 2.93. The van der Waals surface area contributed by atoms with Gasteiger partial charge in [-0.2, -0.15) is 14.9 Å². The Labute approximate surface area is 124 Å². The highest BCUT2D eigenvalue weighted by atomic mass is 35.5. The van der Waals surface area contributed by atoms with Gasteiger partial charge >= 0.3 is 0 Å². The van der Waals surface area contributed by atoms with Crippen LogP contribution in [0.3, 0.4) is 0 Å². The maximum absolute atomic E-state index is 12.1. The molecule has 0 aliphatic carbocycles. The summed E-state index contributed by atoms with van der Waals surface area (Å²) < 4.78 is 1.14. The van der Waals surface area contributed by atoms with Gasteiger partial charge in [0.25, 0.3) is 5.56 Å². The van der Waals surface area contributed by atoms with Crippen molar-refractivity contribution in [2.45, 2.75) is 0 Å². The molecule has 0 atom stereocenters. The highest BCUT2D eigenvalue weighted by molar-refractivity contribution is 6.30. The van der Waals surface area contributed by atoms with Gasteiger partial charge in [0.2, 0.25) is 0 Å². The molecular formula is C14H9ClN4O2. The summed E-state index contributed by atoms with van der Waals surface area (Å²) in [6.07, 6.45) is 3.49. The number of nitrogens with zero attached hydrogens (tertiary/aromatic N) is 3. The van der Waals surface area contributed by atoms with Crippen LogP contribution in [-0.2, 0) is 0 Å². The number of hydrogen-bond acceptors (Lipinski definition) is 4. The van der Waals surface area contributed by atoms with Gasteiger partial charge < -0.3 is 0 Å². The molecule has 0 spiro atoms. The van der Waals surface area contributed by atoms with E-state index in [4.69, 9.17) is 11.6 Å². The molecule has 3 rings (SSSR count). The van der Waals surface area contributed by atoms with Gasteiger partial charge in [-0.1, -0.05) is 23.7 Å². The van der Waals surface area contributed by atoms with E-state index < -0.39 is 5.56 Å². The van der Waals surface area contributed by atoms with Gasteiger partial charge in [-0.3, -0.25) is 14.7 Å². The molecule has 0 unspecified atom stereocenters. The number of halogens is 1. The van der Waals surface area contributed by atoms with E-state index in [1.807, 2.05) is 0 Å².